The van der Waals surface area contributed by atoms with Gasteiger partial charge in [-0.05, 0) is 69.8 Å². The molecule has 7 aromatic carbocycles. The average molecular weight is 655 g/mol. The predicted molar refractivity (Wildman–Crippen MR) is 203 cm³/mol. The summed E-state index contributed by atoms with van der Waals surface area (Å²) in [6.07, 6.45) is 0. The molecule has 1 aromatic heterocycles. The molecular weight excluding hydrogens is 625 g/mol. The molecule has 0 unspecified atom stereocenters. The highest BCUT2D eigenvalue weighted by Gasteiger charge is 2.51. The van der Waals surface area contributed by atoms with Gasteiger partial charge in [0.2, 0.25) is 0 Å². The van der Waals surface area contributed by atoms with Crippen LogP contribution in [-0.2, 0) is 5.41 Å². The molecule has 0 fully saturated rings. The minimum absolute atomic E-state index is 0.609. The number of hydrogen-bond donors (Lipinski definition) is 1. The highest BCUT2D eigenvalue weighted by atomic mass is 16.5. The summed E-state index contributed by atoms with van der Waals surface area (Å²) < 4.78 is 6.54. The van der Waals surface area contributed by atoms with Crippen molar-refractivity contribution in [3.05, 3.63) is 192 Å². The maximum atomic E-state index is 6.54. The molecule has 0 atom stereocenters. The monoisotopic (exact) mass is 654 g/mol. The van der Waals surface area contributed by atoms with Crippen LogP contribution in [0.2, 0.25) is 0 Å². The van der Waals surface area contributed by atoms with Crippen molar-refractivity contribution >= 4 is 5.69 Å². The molecule has 2 N–H and O–H groups in total. The van der Waals surface area contributed by atoms with Crippen LogP contribution >= 0.6 is 0 Å². The lowest BCUT2D eigenvalue weighted by molar-refractivity contribution is 0.436. The van der Waals surface area contributed by atoms with Crippen LogP contribution in [0, 0.1) is 0 Å². The molecule has 1 spiro atoms. The predicted octanol–water partition coefficient (Wildman–Crippen LogP) is 10.6. The van der Waals surface area contributed by atoms with Gasteiger partial charge in [-0.2, -0.15) is 0 Å². The molecule has 240 valence electrons. The van der Waals surface area contributed by atoms with Gasteiger partial charge in [0, 0.05) is 33.5 Å². The van der Waals surface area contributed by atoms with E-state index >= 15 is 0 Å². The lowest BCUT2D eigenvalue weighted by Crippen LogP contribution is -2.32. The van der Waals surface area contributed by atoms with Gasteiger partial charge in [-0.1, -0.05) is 133 Å². The molecule has 1 aliphatic carbocycles. The van der Waals surface area contributed by atoms with Crippen LogP contribution in [-0.4, -0.2) is 15.0 Å². The van der Waals surface area contributed by atoms with Crippen LogP contribution in [0.5, 0.6) is 11.5 Å². The van der Waals surface area contributed by atoms with E-state index in [4.69, 9.17) is 25.4 Å². The number of nitrogens with zero attached hydrogens (tertiary/aromatic N) is 3. The van der Waals surface area contributed by atoms with E-state index in [9.17, 15) is 0 Å². The van der Waals surface area contributed by atoms with Crippen molar-refractivity contribution < 1.29 is 4.74 Å². The Morgan fingerprint density at radius 2 is 0.843 bits per heavy atom. The Bertz CT molecular complexity index is 2530. The third-order valence-electron chi connectivity index (χ3n) is 10.1. The van der Waals surface area contributed by atoms with Gasteiger partial charge in [-0.25, -0.2) is 15.0 Å². The number of para-hydroxylation sites is 2. The molecule has 5 heteroatoms. The Balaban J connectivity index is 1.17. The molecule has 2 heterocycles. The van der Waals surface area contributed by atoms with Gasteiger partial charge >= 0.3 is 0 Å². The highest BCUT2D eigenvalue weighted by molar-refractivity contribution is 5.91. The molecule has 10 rings (SSSR count). The van der Waals surface area contributed by atoms with Gasteiger partial charge in [-0.15, -0.1) is 0 Å². The first kappa shape index (κ1) is 29.1. The molecule has 0 saturated carbocycles. The van der Waals surface area contributed by atoms with Crippen molar-refractivity contribution in [3.8, 4) is 67.9 Å². The van der Waals surface area contributed by atoms with Crippen LogP contribution < -0.4 is 10.5 Å². The molecule has 0 bridgehead atoms. The zero-order valence-corrected chi connectivity index (χ0v) is 27.5. The van der Waals surface area contributed by atoms with E-state index in [2.05, 4.69) is 91.0 Å². The zero-order valence-electron chi connectivity index (χ0n) is 27.5. The van der Waals surface area contributed by atoms with Gasteiger partial charge in [0.15, 0.2) is 17.5 Å². The average Bonchev–Trinajstić information content (AvgIpc) is 3.47. The molecule has 0 amide bonds. The van der Waals surface area contributed by atoms with Crippen molar-refractivity contribution in [1.82, 2.24) is 15.0 Å². The lowest BCUT2D eigenvalue weighted by atomic mass is 9.66. The number of rotatable bonds is 4. The molecule has 0 radical (unpaired) electrons. The van der Waals surface area contributed by atoms with E-state index in [1.165, 1.54) is 22.3 Å². The topological polar surface area (TPSA) is 73.9 Å². The van der Waals surface area contributed by atoms with Gasteiger partial charge in [0.05, 0.1) is 5.41 Å². The fraction of sp³-hybridized carbons (Fsp3) is 0.0217. The van der Waals surface area contributed by atoms with E-state index in [0.717, 1.165) is 56.1 Å². The summed E-state index contributed by atoms with van der Waals surface area (Å²) in [7, 11) is 0. The number of nitrogens with two attached hydrogens (primary N) is 1. The number of aromatic nitrogens is 3. The Labute approximate surface area is 295 Å². The van der Waals surface area contributed by atoms with E-state index < -0.39 is 5.41 Å². The smallest absolute Gasteiger partial charge is 0.164 e. The molecular formula is C46H30N4O. The number of benzene rings is 7. The number of anilines is 1. The van der Waals surface area contributed by atoms with Crippen LogP contribution in [0.3, 0.4) is 0 Å². The minimum atomic E-state index is -0.609. The molecule has 0 saturated heterocycles. The SMILES string of the molecule is Nc1ccc2c(c1)C1(c3ccccc3Oc3ccccc31)c1cc(-c3cccc(-c4nc(-c5ccccc5)nc(-c5ccccc5)n4)c3)ccc1-2. The summed E-state index contributed by atoms with van der Waals surface area (Å²) in [6.45, 7) is 0. The summed E-state index contributed by atoms with van der Waals surface area (Å²) in [5.41, 5.74) is 18.6. The van der Waals surface area contributed by atoms with Gasteiger partial charge < -0.3 is 10.5 Å². The highest BCUT2D eigenvalue weighted by Crippen LogP contribution is 2.62. The van der Waals surface area contributed by atoms with E-state index in [0.29, 0.717) is 17.5 Å². The Morgan fingerprint density at radius 1 is 0.373 bits per heavy atom. The maximum Gasteiger partial charge on any atom is 0.164 e. The van der Waals surface area contributed by atoms with Crippen LogP contribution in [0.1, 0.15) is 22.3 Å². The molecule has 8 aromatic rings. The minimum Gasteiger partial charge on any atom is -0.457 e. The molecule has 1 aliphatic heterocycles. The molecule has 2 aliphatic rings. The van der Waals surface area contributed by atoms with Gasteiger partial charge in [0.1, 0.15) is 11.5 Å². The second-order valence-electron chi connectivity index (χ2n) is 13.0. The van der Waals surface area contributed by atoms with Crippen molar-refractivity contribution in [2.45, 2.75) is 5.41 Å². The van der Waals surface area contributed by atoms with E-state index in [-0.39, 0.29) is 0 Å². The first-order chi connectivity index (χ1) is 25.2. The summed E-state index contributed by atoms with van der Waals surface area (Å²) in [5, 5.41) is 0. The van der Waals surface area contributed by atoms with Crippen molar-refractivity contribution in [2.24, 2.45) is 0 Å². The Morgan fingerprint density at radius 3 is 1.47 bits per heavy atom. The number of nitrogen functional groups attached to an aromatic ring is 1. The fourth-order valence-electron chi connectivity index (χ4n) is 7.87. The summed E-state index contributed by atoms with van der Waals surface area (Å²) >= 11 is 0. The summed E-state index contributed by atoms with van der Waals surface area (Å²) in [4.78, 5) is 14.9. The number of ether oxygens (including phenoxy) is 1. The van der Waals surface area contributed by atoms with Crippen molar-refractivity contribution in [2.75, 3.05) is 5.73 Å². The van der Waals surface area contributed by atoms with Crippen LogP contribution in [0.4, 0.5) is 5.69 Å². The van der Waals surface area contributed by atoms with Gasteiger partial charge in [-0.3, -0.25) is 0 Å². The number of fused-ring (bicyclic) bond motifs is 9. The van der Waals surface area contributed by atoms with Crippen LogP contribution in [0.15, 0.2) is 170 Å². The first-order valence-corrected chi connectivity index (χ1v) is 17.1. The second kappa shape index (κ2) is 11.4. The van der Waals surface area contributed by atoms with E-state index in [1.54, 1.807) is 0 Å². The summed E-state index contributed by atoms with van der Waals surface area (Å²) in [5.74, 6) is 3.60. The molecule has 5 nitrogen and oxygen atoms in total. The number of hydrogen-bond acceptors (Lipinski definition) is 5. The first-order valence-electron chi connectivity index (χ1n) is 17.1. The Kier molecular flexibility index (Phi) is 6.48. The third-order valence-corrected chi connectivity index (χ3v) is 10.1. The fourth-order valence-corrected chi connectivity index (χ4v) is 7.87. The maximum absolute atomic E-state index is 6.54. The quantitative estimate of drug-likeness (QED) is 0.191. The van der Waals surface area contributed by atoms with Crippen molar-refractivity contribution in [3.63, 3.8) is 0 Å². The van der Waals surface area contributed by atoms with Crippen molar-refractivity contribution in [1.29, 1.82) is 0 Å². The van der Waals surface area contributed by atoms with E-state index in [1.807, 2.05) is 78.9 Å². The lowest BCUT2D eigenvalue weighted by Gasteiger charge is -2.39. The third kappa shape index (κ3) is 4.52. The van der Waals surface area contributed by atoms with Crippen LogP contribution in [0.25, 0.3) is 56.4 Å². The second-order valence-corrected chi connectivity index (χ2v) is 13.0. The normalized spacial score (nSPS) is 13.1. The van der Waals surface area contributed by atoms with Gasteiger partial charge in [0.25, 0.3) is 0 Å². The summed E-state index contributed by atoms with van der Waals surface area (Å²) in [6, 6.07) is 58.5. The molecule has 51 heavy (non-hydrogen) atoms. The Hall–Kier alpha value is -6.85. The largest absolute Gasteiger partial charge is 0.457 e. The zero-order chi connectivity index (χ0) is 33.9. The standard InChI is InChI=1S/C46H30N4O/c47-34-23-25-36-35-24-22-32(27-39(35)46(40(36)28-34)37-18-7-9-20-41(37)51-42-21-10-8-19-38(42)46)31-16-11-17-33(26-31)45-49-43(29-12-3-1-4-13-29)48-44(50-45)30-14-5-2-6-15-30/h1-28H,47H2.